The molecule has 4 rings (SSSR count). The quantitative estimate of drug-likeness (QED) is 0.246. The Morgan fingerprint density at radius 1 is 1.45 bits per heavy atom. The van der Waals surface area contributed by atoms with Gasteiger partial charge in [0.05, 0.1) is 16.2 Å². The van der Waals surface area contributed by atoms with Crippen molar-refractivity contribution in [3.05, 3.63) is 46.9 Å². The number of aromatic amines is 1. The van der Waals surface area contributed by atoms with E-state index < -0.39 is 5.82 Å². The van der Waals surface area contributed by atoms with Gasteiger partial charge in [-0.15, -0.1) is 0 Å². The van der Waals surface area contributed by atoms with E-state index in [1.165, 1.54) is 18.3 Å². The Morgan fingerprint density at radius 3 is 3.00 bits per heavy atom. The van der Waals surface area contributed by atoms with Crippen molar-refractivity contribution in [1.29, 1.82) is 5.41 Å². The van der Waals surface area contributed by atoms with Crippen LogP contribution in [0.3, 0.4) is 0 Å². The minimum Gasteiger partial charge on any atom is -0.356 e. The predicted octanol–water partition coefficient (Wildman–Crippen LogP) is 2.52. The van der Waals surface area contributed by atoms with Crippen molar-refractivity contribution < 1.29 is 14.4 Å². The van der Waals surface area contributed by atoms with Gasteiger partial charge in [-0.1, -0.05) is 11.6 Å². The highest BCUT2D eigenvalue weighted by Gasteiger charge is 2.22. The Kier molecular flexibility index (Phi) is 5.03. The first-order valence-electron chi connectivity index (χ1n) is 8.80. The van der Waals surface area contributed by atoms with E-state index in [1.807, 2.05) is 0 Å². The van der Waals surface area contributed by atoms with Gasteiger partial charge in [0.15, 0.2) is 11.5 Å². The Morgan fingerprint density at radius 2 is 2.28 bits per heavy atom. The summed E-state index contributed by atoms with van der Waals surface area (Å²) in [5.74, 6) is -0.243. The van der Waals surface area contributed by atoms with Crippen molar-refractivity contribution in [3.63, 3.8) is 0 Å². The molecule has 0 spiro atoms. The van der Waals surface area contributed by atoms with Gasteiger partial charge in [0.25, 0.3) is 0 Å². The van der Waals surface area contributed by atoms with Crippen molar-refractivity contribution in [3.8, 4) is 0 Å². The molecule has 0 radical (unpaired) electrons. The van der Waals surface area contributed by atoms with Gasteiger partial charge in [-0.25, -0.2) is 14.4 Å². The van der Waals surface area contributed by atoms with Gasteiger partial charge in [0.1, 0.15) is 5.82 Å². The molecule has 150 valence electrons. The van der Waals surface area contributed by atoms with Crippen LogP contribution < -0.4 is 15.7 Å². The number of fused-ring (bicyclic) bond motifs is 1. The fourth-order valence-electron chi connectivity index (χ4n) is 3.10. The van der Waals surface area contributed by atoms with Crippen LogP contribution in [0.4, 0.5) is 16.0 Å². The second-order valence-electron chi connectivity index (χ2n) is 6.66. The van der Waals surface area contributed by atoms with Gasteiger partial charge in [-0.2, -0.15) is 4.98 Å². The monoisotopic (exact) mass is 417 g/mol. The topological polar surface area (TPSA) is 130 Å². The molecule has 2 aromatic heterocycles. The van der Waals surface area contributed by atoms with Gasteiger partial charge in [0.2, 0.25) is 11.9 Å². The fourth-order valence-corrected chi connectivity index (χ4v) is 3.28. The van der Waals surface area contributed by atoms with Crippen LogP contribution >= 0.6 is 11.6 Å². The van der Waals surface area contributed by atoms with Crippen molar-refractivity contribution in [2.24, 2.45) is 5.92 Å². The summed E-state index contributed by atoms with van der Waals surface area (Å²) >= 11 is 5.76. The van der Waals surface area contributed by atoms with Crippen LogP contribution in [0.5, 0.6) is 0 Å². The molecular weight excluding hydrogens is 401 g/mol. The molecule has 3 aromatic rings. The fraction of sp³-hybridized carbons (Fsp3) is 0.222. The number of carbonyl (C=O) groups is 1. The summed E-state index contributed by atoms with van der Waals surface area (Å²) in [6.45, 7) is 1.16. The number of halogens is 2. The zero-order valence-electron chi connectivity index (χ0n) is 15.0. The van der Waals surface area contributed by atoms with E-state index in [9.17, 15) is 14.4 Å². The molecule has 3 heterocycles. The van der Waals surface area contributed by atoms with Gasteiger partial charge in [-0.05, 0) is 24.3 Å². The van der Waals surface area contributed by atoms with E-state index in [1.54, 1.807) is 6.07 Å². The number of amides is 1. The first kappa shape index (κ1) is 19.1. The average molecular weight is 418 g/mol. The maximum atomic E-state index is 13.4. The van der Waals surface area contributed by atoms with Crippen molar-refractivity contribution in [2.45, 2.75) is 6.42 Å². The molecule has 1 aliphatic rings. The molecule has 1 saturated heterocycles. The van der Waals surface area contributed by atoms with Gasteiger partial charge in [-0.3, -0.25) is 15.4 Å². The van der Waals surface area contributed by atoms with E-state index in [0.29, 0.717) is 47.2 Å². The van der Waals surface area contributed by atoms with Crippen molar-refractivity contribution in [1.82, 2.24) is 20.3 Å². The van der Waals surface area contributed by atoms with Crippen molar-refractivity contribution >= 4 is 46.1 Å². The second-order valence-corrected chi connectivity index (χ2v) is 7.06. The number of hydrogen-bond donors (Lipinski definition) is 5. The molecule has 1 unspecified atom stereocenters. The van der Waals surface area contributed by atoms with E-state index in [-0.39, 0.29) is 28.4 Å². The molecule has 9 nitrogen and oxygen atoms in total. The molecule has 1 atom stereocenters. The zero-order valence-corrected chi connectivity index (χ0v) is 15.8. The summed E-state index contributed by atoms with van der Waals surface area (Å²) in [6, 6.07) is 5.20. The summed E-state index contributed by atoms with van der Waals surface area (Å²) < 4.78 is 13.4. The number of rotatable bonds is 5. The van der Waals surface area contributed by atoms with Crippen molar-refractivity contribution in [2.75, 3.05) is 23.5 Å². The summed E-state index contributed by atoms with van der Waals surface area (Å²) in [4.78, 5) is 22.9. The summed E-state index contributed by atoms with van der Waals surface area (Å²) in [7, 11) is 0. The highest BCUT2D eigenvalue weighted by atomic mass is 35.5. The number of aromatic nitrogens is 3. The zero-order chi connectivity index (χ0) is 20.5. The lowest BCUT2D eigenvalue weighted by Gasteiger charge is -2.18. The lowest BCUT2D eigenvalue weighted by molar-refractivity contribution is -0.119. The van der Waals surface area contributed by atoms with Crippen LogP contribution in [-0.2, 0) is 4.79 Å². The van der Waals surface area contributed by atoms with Crippen LogP contribution in [0.15, 0.2) is 30.5 Å². The number of imidazole rings is 1. The maximum Gasteiger partial charge on any atom is 0.220 e. The second kappa shape index (κ2) is 7.64. The molecule has 1 aliphatic heterocycles. The molecule has 0 saturated carbocycles. The molecule has 0 bridgehead atoms. The third-order valence-electron chi connectivity index (χ3n) is 4.63. The van der Waals surface area contributed by atoms with Gasteiger partial charge < -0.3 is 15.6 Å². The Labute approximate surface area is 169 Å². The van der Waals surface area contributed by atoms with Crippen LogP contribution in [0.2, 0.25) is 5.02 Å². The lowest BCUT2D eigenvalue weighted by atomic mass is 10.1. The van der Waals surface area contributed by atoms with Crippen LogP contribution in [0.25, 0.3) is 11.2 Å². The lowest BCUT2D eigenvalue weighted by Crippen LogP contribution is -2.27. The average Bonchev–Trinajstić information content (AvgIpc) is 3.32. The molecule has 0 aliphatic carbocycles. The van der Waals surface area contributed by atoms with Crippen LogP contribution in [0.1, 0.15) is 12.0 Å². The van der Waals surface area contributed by atoms with E-state index in [2.05, 4.69) is 25.6 Å². The number of hydrogen-bond acceptors (Lipinski definition) is 6. The minimum atomic E-state index is -0.620. The third kappa shape index (κ3) is 3.84. The smallest absolute Gasteiger partial charge is 0.220 e. The highest BCUT2D eigenvalue weighted by Crippen LogP contribution is 2.25. The normalized spacial score (nSPS) is 16.1. The number of benzene rings is 1. The number of H-pyrrole nitrogens is 1. The summed E-state index contributed by atoms with van der Waals surface area (Å²) in [5, 5.41) is 25.1. The number of anilines is 2. The largest absolute Gasteiger partial charge is 0.356 e. The Bertz CT molecular complexity index is 1100. The SMILES string of the molecule is N=C(c1ccnc2nc(NCC3CNC(=O)C3)[nH]c12)N(O)c1ccc(F)c(Cl)c1. The Balaban J connectivity index is 1.56. The molecular formula is C18H17ClFN7O2. The number of hydroxylamine groups is 1. The van der Waals surface area contributed by atoms with Crippen LogP contribution in [0, 0.1) is 17.1 Å². The predicted molar refractivity (Wildman–Crippen MR) is 106 cm³/mol. The summed E-state index contributed by atoms with van der Waals surface area (Å²) in [5.41, 5.74) is 1.30. The van der Waals surface area contributed by atoms with Gasteiger partial charge in [0, 0.05) is 37.2 Å². The maximum absolute atomic E-state index is 13.4. The highest BCUT2D eigenvalue weighted by molar-refractivity contribution is 6.31. The van der Waals surface area contributed by atoms with E-state index >= 15 is 0 Å². The van der Waals surface area contributed by atoms with E-state index in [0.717, 1.165) is 6.07 Å². The third-order valence-corrected chi connectivity index (χ3v) is 4.92. The van der Waals surface area contributed by atoms with Crippen LogP contribution in [-0.4, -0.2) is 45.0 Å². The first-order chi connectivity index (χ1) is 13.9. The number of carbonyl (C=O) groups excluding carboxylic acids is 1. The van der Waals surface area contributed by atoms with Gasteiger partial charge >= 0.3 is 0 Å². The molecule has 5 N–H and O–H groups in total. The number of nitrogens with one attached hydrogen (secondary N) is 4. The number of amidine groups is 1. The first-order valence-corrected chi connectivity index (χ1v) is 9.18. The molecule has 29 heavy (non-hydrogen) atoms. The number of nitrogens with zero attached hydrogens (tertiary/aromatic N) is 3. The standard InChI is InChI=1S/C18H17ClFN7O2/c19-12-6-10(1-2-13(12)20)27(29)16(21)11-3-4-22-17-15(11)25-18(26-17)24-8-9-5-14(28)23-7-9/h1-4,6,9,21,29H,5,7-8H2,(H,23,28)(H2,22,24,25,26). The Hall–Kier alpha value is -3.24. The van der Waals surface area contributed by atoms with E-state index in [4.69, 9.17) is 17.0 Å². The molecule has 1 aromatic carbocycles. The minimum absolute atomic E-state index is 0.0303. The number of pyridine rings is 1. The molecule has 1 amide bonds. The summed E-state index contributed by atoms with van der Waals surface area (Å²) in [6.07, 6.45) is 1.93. The molecule has 1 fully saturated rings. The molecule has 11 heteroatoms.